The van der Waals surface area contributed by atoms with E-state index in [1.807, 2.05) is 66.7 Å². The first-order valence-corrected chi connectivity index (χ1v) is 11.5. The number of amides is 2. The molecule has 4 rings (SSSR count). The summed E-state index contributed by atoms with van der Waals surface area (Å²) in [5.74, 6) is 0.452. The van der Waals surface area contributed by atoms with Crippen molar-refractivity contribution in [3.05, 3.63) is 88.9 Å². The van der Waals surface area contributed by atoms with Crippen molar-refractivity contribution in [3.8, 4) is 5.75 Å². The van der Waals surface area contributed by atoms with Crippen LogP contribution in [0.25, 0.3) is 0 Å². The number of carbonyl (C=O) groups is 2. The van der Waals surface area contributed by atoms with Gasteiger partial charge in [0.05, 0.1) is 12.8 Å². The molecule has 0 aromatic heterocycles. The fourth-order valence-electron chi connectivity index (χ4n) is 3.59. The van der Waals surface area contributed by atoms with Crippen LogP contribution in [0, 0.1) is 0 Å². The van der Waals surface area contributed by atoms with Crippen molar-refractivity contribution in [2.45, 2.75) is 23.1 Å². The molecule has 0 fully saturated rings. The van der Waals surface area contributed by atoms with Gasteiger partial charge < -0.3 is 15.0 Å². The number of hydrogen-bond acceptors (Lipinski definition) is 4. The summed E-state index contributed by atoms with van der Waals surface area (Å²) in [6, 6.07) is 22.8. The molecule has 1 aliphatic rings. The Morgan fingerprint density at radius 3 is 2.56 bits per heavy atom. The minimum absolute atomic E-state index is 0.0454. The highest BCUT2D eigenvalue weighted by Gasteiger charge is 2.30. The molecule has 0 bridgehead atoms. The zero-order valence-corrected chi connectivity index (χ0v) is 19.2. The van der Waals surface area contributed by atoms with E-state index in [2.05, 4.69) is 5.32 Å². The van der Waals surface area contributed by atoms with Crippen molar-refractivity contribution < 1.29 is 14.3 Å². The van der Waals surface area contributed by atoms with E-state index >= 15 is 0 Å². The summed E-state index contributed by atoms with van der Waals surface area (Å²) < 4.78 is 5.25. The number of nitrogens with zero attached hydrogens (tertiary/aromatic N) is 1. The Morgan fingerprint density at radius 1 is 1.09 bits per heavy atom. The van der Waals surface area contributed by atoms with Crippen LogP contribution in [0.15, 0.2) is 77.7 Å². The highest BCUT2D eigenvalue weighted by Crippen LogP contribution is 2.45. The molecule has 0 unspecified atom stereocenters. The number of rotatable bonds is 6. The van der Waals surface area contributed by atoms with Crippen LogP contribution in [-0.4, -0.2) is 25.5 Å². The largest absolute Gasteiger partial charge is 0.497 e. The van der Waals surface area contributed by atoms with Gasteiger partial charge in [-0.15, -0.1) is 11.8 Å². The molecule has 0 radical (unpaired) electrons. The van der Waals surface area contributed by atoms with E-state index in [0.29, 0.717) is 18.0 Å². The van der Waals surface area contributed by atoms with Gasteiger partial charge in [-0.1, -0.05) is 54.1 Å². The molecule has 5 nitrogen and oxygen atoms in total. The van der Waals surface area contributed by atoms with Crippen LogP contribution < -0.4 is 15.0 Å². The Morgan fingerprint density at radius 2 is 1.81 bits per heavy atom. The molecule has 32 heavy (non-hydrogen) atoms. The van der Waals surface area contributed by atoms with Crippen molar-refractivity contribution in [2.75, 3.05) is 18.6 Å². The molecule has 1 N–H and O–H groups in total. The highest BCUT2D eigenvalue weighted by atomic mass is 35.5. The number of benzene rings is 3. The van der Waals surface area contributed by atoms with Crippen molar-refractivity contribution in [3.63, 3.8) is 0 Å². The lowest BCUT2D eigenvalue weighted by molar-refractivity contribution is -0.124. The molecule has 3 aromatic carbocycles. The first kappa shape index (κ1) is 22.2. The smallest absolute Gasteiger partial charge is 0.240 e. The second-order valence-electron chi connectivity index (χ2n) is 7.40. The predicted molar refractivity (Wildman–Crippen MR) is 128 cm³/mol. The zero-order valence-electron chi connectivity index (χ0n) is 17.6. The Balaban J connectivity index is 1.52. The number of fused-ring (bicyclic) bond motifs is 1. The summed E-state index contributed by atoms with van der Waals surface area (Å²) in [6.07, 6.45) is 0.295. The van der Waals surface area contributed by atoms with E-state index in [-0.39, 0.29) is 23.6 Å². The molecule has 0 saturated carbocycles. The second-order valence-corrected chi connectivity index (χ2v) is 9.05. The lowest BCUT2D eigenvalue weighted by atomic mass is 10.1. The maximum absolute atomic E-state index is 13.2. The van der Waals surface area contributed by atoms with Gasteiger partial charge in [0.1, 0.15) is 12.3 Å². The highest BCUT2D eigenvalue weighted by molar-refractivity contribution is 7.99. The van der Waals surface area contributed by atoms with Crippen LogP contribution in [0.2, 0.25) is 5.02 Å². The van der Waals surface area contributed by atoms with Gasteiger partial charge in [-0.3, -0.25) is 9.59 Å². The molecular weight excluding hydrogens is 444 g/mol. The van der Waals surface area contributed by atoms with E-state index in [0.717, 1.165) is 27.5 Å². The van der Waals surface area contributed by atoms with Gasteiger partial charge >= 0.3 is 0 Å². The molecule has 2 amide bonds. The molecule has 0 aliphatic carbocycles. The van der Waals surface area contributed by atoms with Crippen LogP contribution in [0.1, 0.15) is 22.8 Å². The molecule has 7 heteroatoms. The Labute approximate surface area is 196 Å². The molecule has 0 spiro atoms. The second kappa shape index (κ2) is 10.1. The number of hydrogen-bond donors (Lipinski definition) is 1. The van der Waals surface area contributed by atoms with Gasteiger partial charge in [-0.25, -0.2) is 0 Å². The lowest BCUT2D eigenvalue weighted by Crippen LogP contribution is -2.40. The van der Waals surface area contributed by atoms with Crippen molar-refractivity contribution in [1.29, 1.82) is 0 Å². The monoisotopic (exact) mass is 466 g/mol. The van der Waals surface area contributed by atoms with E-state index in [1.165, 1.54) is 0 Å². The van der Waals surface area contributed by atoms with E-state index in [9.17, 15) is 9.59 Å². The number of carbonyl (C=O) groups excluding carboxylic acids is 2. The standard InChI is InChI=1S/C25H23ClN2O3S/c1-31-19-12-10-17(11-13-19)23-14-25(30)28(21-8-4-5-9-22(21)32-23)16-24(29)27-15-18-6-2-3-7-20(18)26/h2-13,23H,14-16H2,1H3,(H,27,29)/t23-/m0/s1. The van der Waals surface area contributed by atoms with Gasteiger partial charge in [0.15, 0.2) is 0 Å². The van der Waals surface area contributed by atoms with E-state index in [1.54, 1.807) is 29.8 Å². The number of ether oxygens (including phenoxy) is 1. The first-order valence-electron chi connectivity index (χ1n) is 10.3. The molecular formula is C25H23ClN2O3S. The maximum atomic E-state index is 13.2. The van der Waals surface area contributed by atoms with Gasteiger partial charge in [0, 0.05) is 28.1 Å². The van der Waals surface area contributed by atoms with Crippen LogP contribution in [-0.2, 0) is 16.1 Å². The number of halogens is 1. The van der Waals surface area contributed by atoms with Crippen LogP contribution in [0.3, 0.4) is 0 Å². The van der Waals surface area contributed by atoms with Crippen LogP contribution >= 0.6 is 23.4 Å². The number of methoxy groups -OCH3 is 1. The summed E-state index contributed by atoms with van der Waals surface area (Å²) in [6.45, 7) is 0.265. The Kier molecular flexibility index (Phi) is 7.02. The Bertz CT molecular complexity index is 1120. The molecule has 0 saturated heterocycles. The topological polar surface area (TPSA) is 58.6 Å². The summed E-state index contributed by atoms with van der Waals surface area (Å²) in [5, 5.41) is 3.43. The summed E-state index contributed by atoms with van der Waals surface area (Å²) >= 11 is 7.82. The normalized spacial score (nSPS) is 15.6. The van der Waals surface area contributed by atoms with Gasteiger partial charge in [0.2, 0.25) is 11.8 Å². The van der Waals surface area contributed by atoms with Crippen LogP contribution in [0.4, 0.5) is 5.69 Å². The van der Waals surface area contributed by atoms with E-state index in [4.69, 9.17) is 16.3 Å². The molecule has 1 atom stereocenters. The van der Waals surface area contributed by atoms with Gasteiger partial charge in [0.25, 0.3) is 0 Å². The van der Waals surface area contributed by atoms with E-state index < -0.39 is 0 Å². The SMILES string of the molecule is COc1ccc([C@@H]2CC(=O)N(CC(=O)NCc3ccccc3Cl)c3ccccc3S2)cc1. The van der Waals surface area contributed by atoms with Crippen molar-refractivity contribution in [2.24, 2.45) is 0 Å². The van der Waals surface area contributed by atoms with Gasteiger partial charge in [-0.05, 0) is 41.5 Å². The fourth-order valence-corrected chi connectivity index (χ4v) is 5.08. The molecule has 1 aliphatic heterocycles. The number of para-hydroxylation sites is 1. The third kappa shape index (κ3) is 5.09. The van der Waals surface area contributed by atoms with Crippen molar-refractivity contribution in [1.82, 2.24) is 5.32 Å². The number of anilines is 1. The third-order valence-corrected chi connectivity index (χ3v) is 7.00. The zero-order chi connectivity index (χ0) is 22.5. The quantitative estimate of drug-likeness (QED) is 0.540. The van der Waals surface area contributed by atoms with Crippen molar-refractivity contribution >= 4 is 40.9 Å². The first-order chi connectivity index (χ1) is 15.5. The summed E-state index contributed by atoms with van der Waals surface area (Å²) in [7, 11) is 1.63. The fraction of sp³-hybridized carbons (Fsp3) is 0.200. The average Bonchev–Trinajstić information content (AvgIpc) is 2.95. The predicted octanol–water partition coefficient (Wildman–Crippen LogP) is 5.24. The lowest BCUT2D eigenvalue weighted by Gasteiger charge is -2.22. The maximum Gasteiger partial charge on any atom is 0.240 e. The minimum Gasteiger partial charge on any atom is -0.497 e. The number of nitrogens with one attached hydrogen (secondary N) is 1. The molecule has 164 valence electrons. The number of thioether (sulfide) groups is 1. The van der Waals surface area contributed by atoms with Crippen LogP contribution in [0.5, 0.6) is 5.75 Å². The minimum atomic E-state index is -0.235. The summed E-state index contributed by atoms with van der Waals surface area (Å²) in [5.41, 5.74) is 2.63. The molecule has 3 aromatic rings. The third-order valence-electron chi connectivity index (χ3n) is 5.31. The average molecular weight is 467 g/mol. The summed E-state index contributed by atoms with van der Waals surface area (Å²) in [4.78, 5) is 28.5. The Hall–Kier alpha value is -2.96. The molecule has 1 heterocycles. The van der Waals surface area contributed by atoms with Gasteiger partial charge in [-0.2, -0.15) is 0 Å².